The van der Waals surface area contributed by atoms with Crippen LogP contribution in [0.25, 0.3) is 11.1 Å². The third kappa shape index (κ3) is 7.17. The van der Waals surface area contributed by atoms with Crippen LogP contribution in [0, 0.1) is 6.92 Å². The fraction of sp³-hybridized carbons (Fsp3) is 0.472. The van der Waals surface area contributed by atoms with Gasteiger partial charge in [-0.15, -0.1) is 10.2 Å². The lowest BCUT2D eigenvalue weighted by molar-refractivity contribution is 0.0123. The van der Waals surface area contributed by atoms with Crippen LogP contribution >= 0.6 is 11.6 Å². The van der Waals surface area contributed by atoms with E-state index in [2.05, 4.69) is 88.0 Å². The Kier molecular flexibility index (Phi) is 10.1. The number of nitrogens with one attached hydrogen (secondary N) is 2. The van der Waals surface area contributed by atoms with Gasteiger partial charge in [-0.25, -0.2) is 0 Å². The Hall–Kier alpha value is -3.66. The minimum absolute atomic E-state index is 0.0913. The van der Waals surface area contributed by atoms with E-state index in [1.54, 1.807) is 0 Å². The second kappa shape index (κ2) is 14.4. The fourth-order valence-corrected chi connectivity index (χ4v) is 6.81. The van der Waals surface area contributed by atoms with Crippen molar-refractivity contribution in [1.82, 2.24) is 30.8 Å². The highest BCUT2D eigenvalue weighted by molar-refractivity contribution is 6.32. The Morgan fingerprint density at radius 2 is 1.91 bits per heavy atom. The number of aromatic amines is 1. The predicted octanol–water partition coefficient (Wildman–Crippen LogP) is 6.88. The molecule has 1 aliphatic carbocycles. The van der Waals surface area contributed by atoms with E-state index in [-0.39, 0.29) is 6.10 Å². The molecule has 2 heterocycles. The number of benzene rings is 3. The molecule has 1 saturated heterocycles. The zero-order valence-electron chi connectivity index (χ0n) is 27.4. The predicted molar refractivity (Wildman–Crippen MR) is 181 cm³/mol. The summed E-state index contributed by atoms with van der Waals surface area (Å²) < 4.78 is 18.9. The van der Waals surface area contributed by atoms with Crippen LogP contribution in [-0.4, -0.2) is 63.9 Å². The molecule has 2 aliphatic rings. The van der Waals surface area contributed by atoms with E-state index in [4.69, 9.17) is 25.8 Å². The van der Waals surface area contributed by atoms with Gasteiger partial charge in [0.15, 0.2) is 5.82 Å². The first-order valence-corrected chi connectivity index (χ1v) is 16.9. The van der Waals surface area contributed by atoms with E-state index < -0.39 is 0 Å². The standard InChI is InChI=1S/C36H45ClN6O3/c1-5-44-33-22-34(30(37)21-25(33)23-38-17-15-35-39-41-42-40-35)46-32-14-13-28-27(10-6-11-29(28)32)26-9-7-12-31(24(26)2)45-20-8-18-43-19-16-36(43,3)4/h6-7,9-12,21-22,32,38H,5,8,13-20,23H2,1-4H3,(H,39,40,41,42)/t32-/m0/s1. The van der Waals surface area contributed by atoms with Crippen LogP contribution in [0.4, 0.5) is 0 Å². The summed E-state index contributed by atoms with van der Waals surface area (Å²) in [6.45, 7) is 13.6. The van der Waals surface area contributed by atoms with E-state index in [0.29, 0.717) is 48.3 Å². The maximum atomic E-state index is 6.80. The Morgan fingerprint density at radius 1 is 1.07 bits per heavy atom. The molecule has 1 fully saturated rings. The Bertz CT molecular complexity index is 1630. The number of aromatic nitrogens is 4. The maximum absolute atomic E-state index is 6.80. The summed E-state index contributed by atoms with van der Waals surface area (Å²) in [5.74, 6) is 3.04. The normalized spacial score (nSPS) is 17.0. The summed E-state index contributed by atoms with van der Waals surface area (Å²) in [5, 5.41) is 18.1. The van der Waals surface area contributed by atoms with Crippen LogP contribution < -0.4 is 19.5 Å². The van der Waals surface area contributed by atoms with Crippen molar-refractivity contribution in [3.8, 4) is 28.4 Å². The topological polar surface area (TPSA) is 97.4 Å². The zero-order valence-corrected chi connectivity index (χ0v) is 28.1. The first kappa shape index (κ1) is 32.3. The van der Waals surface area contributed by atoms with E-state index in [0.717, 1.165) is 49.5 Å². The molecule has 0 radical (unpaired) electrons. The molecule has 46 heavy (non-hydrogen) atoms. The molecule has 1 aromatic heterocycles. The van der Waals surface area contributed by atoms with E-state index in [1.807, 2.05) is 19.1 Å². The number of likely N-dealkylation sites (tertiary alicyclic amines) is 1. The van der Waals surface area contributed by atoms with Gasteiger partial charge in [0.2, 0.25) is 0 Å². The van der Waals surface area contributed by atoms with E-state index >= 15 is 0 Å². The number of tetrazole rings is 1. The smallest absolute Gasteiger partial charge is 0.175 e. The van der Waals surface area contributed by atoms with Crippen LogP contribution in [0.15, 0.2) is 48.5 Å². The second-order valence-electron chi connectivity index (χ2n) is 12.8. The molecule has 0 saturated carbocycles. The maximum Gasteiger partial charge on any atom is 0.175 e. The molecule has 0 spiro atoms. The van der Waals surface area contributed by atoms with Crippen molar-refractivity contribution < 1.29 is 14.2 Å². The molecule has 0 unspecified atom stereocenters. The van der Waals surface area contributed by atoms with E-state index in [1.165, 1.54) is 40.8 Å². The highest BCUT2D eigenvalue weighted by Gasteiger charge is 2.34. The van der Waals surface area contributed by atoms with Crippen molar-refractivity contribution in [1.29, 1.82) is 0 Å². The van der Waals surface area contributed by atoms with Gasteiger partial charge in [-0.05, 0) is 93.3 Å². The molecule has 3 aromatic carbocycles. The number of fused-ring (bicyclic) bond motifs is 1. The molecule has 10 heteroatoms. The lowest BCUT2D eigenvalue weighted by atomic mass is 9.89. The summed E-state index contributed by atoms with van der Waals surface area (Å²) in [6.07, 6.45) is 4.70. The van der Waals surface area contributed by atoms with Gasteiger partial charge in [0.05, 0.1) is 18.2 Å². The summed E-state index contributed by atoms with van der Waals surface area (Å²) >= 11 is 6.80. The van der Waals surface area contributed by atoms with E-state index in [9.17, 15) is 0 Å². The van der Waals surface area contributed by atoms with Crippen molar-refractivity contribution in [3.63, 3.8) is 0 Å². The molecule has 1 atom stereocenters. The van der Waals surface area contributed by atoms with Crippen molar-refractivity contribution >= 4 is 11.6 Å². The second-order valence-corrected chi connectivity index (χ2v) is 13.2. The highest BCUT2D eigenvalue weighted by Crippen LogP contribution is 2.44. The third-order valence-electron chi connectivity index (χ3n) is 9.38. The minimum atomic E-state index is -0.0913. The number of nitrogens with zero attached hydrogens (tertiary/aromatic N) is 4. The zero-order chi connectivity index (χ0) is 32.1. The number of ether oxygens (including phenoxy) is 3. The fourth-order valence-electron chi connectivity index (χ4n) is 6.58. The van der Waals surface area contributed by atoms with Gasteiger partial charge < -0.3 is 19.5 Å². The first-order valence-electron chi connectivity index (χ1n) is 16.5. The van der Waals surface area contributed by atoms with Crippen LogP contribution in [0.1, 0.15) is 74.2 Å². The molecule has 0 amide bonds. The highest BCUT2D eigenvalue weighted by atomic mass is 35.5. The number of rotatable bonds is 15. The van der Waals surface area contributed by atoms with Crippen molar-refractivity contribution in [2.45, 2.75) is 78.0 Å². The average molecular weight is 645 g/mol. The minimum Gasteiger partial charge on any atom is -0.493 e. The number of hydrogen-bond acceptors (Lipinski definition) is 8. The Balaban J connectivity index is 1.13. The van der Waals surface area contributed by atoms with Gasteiger partial charge in [-0.1, -0.05) is 47.1 Å². The van der Waals surface area contributed by atoms with Crippen molar-refractivity contribution in [2.24, 2.45) is 0 Å². The molecule has 0 bridgehead atoms. The largest absolute Gasteiger partial charge is 0.493 e. The summed E-state index contributed by atoms with van der Waals surface area (Å²) in [6, 6.07) is 16.8. The molecule has 244 valence electrons. The van der Waals surface area contributed by atoms with Gasteiger partial charge in [-0.2, -0.15) is 5.21 Å². The average Bonchev–Trinajstić information content (AvgIpc) is 3.72. The lowest BCUT2D eigenvalue weighted by Gasteiger charge is -2.48. The van der Waals surface area contributed by atoms with Crippen molar-refractivity contribution in [3.05, 3.63) is 81.6 Å². The lowest BCUT2D eigenvalue weighted by Crippen LogP contribution is -2.55. The molecular formula is C36H45ClN6O3. The van der Waals surface area contributed by atoms with Crippen LogP contribution in [-0.2, 0) is 19.4 Å². The van der Waals surface area contributed by atoms with Gasteiger partial charge in [0, 0.05) is 49.8 Å². The molecule has 4 aromatic rings. The van der Waals surface area contributed by atoms with Crippen LogP contribution in [0.3, 0.4) is 0 Å². The van der Waals surface area contributed by atoms with Crippen LogP contribution in [0.5, 0.6) is 17.2 Å². The monoisotopic (exact) mass is 644 g/mol. The summed E-state index contributed by atoms with van der Waals surface area (Å²) in [7, 11) is 0. The summed E-state index contributed by atoms with van der Waals surface area (Å²) in [5.41, 5.74) is 7.49. The van der Waals surface area contributed by atoms with Crippen LogP contribution in [0.2, 0.25) is 5.02 Å². The number of H-pyrrole nitrogens is 1. The molecule has 2 N–H and O–H groups in total. The van der Waals surface area contributed by atoms with Gasteiger partial charge in [-0.3, -0.25) is 4.90 Å². The van der Waals surface area contributed by atoms with Crippen molar-refractivity contribution in [2.75, 3.05) is 32.8 Å². The van der Waals surface area contributed by atoms with Gasteiger partial charge in [0.25, 0.3) is 0 Å². The quantitative estimate of drug-likeness (QED) is 0.135. The number of hydrogen-bond donors (Lipinski definition) is 2. The first-order chi connectivity index (χ1) is 22.3. The molecule has 6 rings (SSSR count). The van der Waals surface area contributed by atoms with Gasteiger partial charge >= 0.3 is 0 Å². The summed E-state index contributed by atoms with van der Waals surface area (Å²) in [4.78, 5) is 2.55. The molecular weight excluding hydrogens is 600 g/mol. The van der Waals surface area contributed by atoms with Gasteiger partial charge in [0.1, 0.15) is 23.4 Å². The molecule has 1 aliphatic heterocycles. The third-order valence-corrected chi connectivity index (χ3v) is 9.68. The number of halogens is 1. The Morgan fingerprint density at radius 3 is 2.67 bits per heavy atom. The Labute approximate surface area is 277 Å². The molecule has 9 nitrogen and oxygen atoms in total. The SMILES string of the molecule is CCOc1cc(O[C@H]2CCc3c(-c4cccc(OCCCN5CCC5(C)C)c4C)cccc32)c(Cl)cc1CNCCc1nn[nH]n1.